The van der Waals surface area contributed by atoms with E-state index in [4.69, 9.17) is 4.74 Å². The van der Waals surface area contributed by atoms with E-state index in [1.165, 1.54) is 43.5 Å². The minimum atomic E-state index is -4.41. The van der Waals surface area contributed by atoms with Crippen molar-refractivity contribution in [2.24, 2.45) is 0 Å². The van der Waals surface area contributed by atoms with Gasteiger partial charge in [0.25, 0.3) is 0 Å². The Morgan fingerprint density at radius 2 is 1.75 bits per heavy atom. The van der Waals surface area contributed by atoms with Crippen LogP contribution in [0.5, 0.6) is 11.5 Å². The summed E-state index contributed by atoms with van der Waals surface area (Å²) < 4.78 is 73.0. The van der Waals surface area contributed by atoms with Crippen molar-refractivity contribution in [3.05, 3.63) is 59.7 Å². The van der Waals surface area contributed by atoms with Gasteiger partial charge in [0.15, 0.2) is 11.5 Å². The van der Waals surface area contributed by atoms with Crippen LogP contribution >= 0.6 is 0 Å². The molecule has 1 aliphatic heterocycles. The molecule has 2 aromatic rings. The van der Waals surface area contributed by atoms with Crippen LogP contribution in [0.3, 0.4) is 0 Å². The molecule has 0 spiro atoms. The molecule has 10 heteroatoms. The standard InChI is InChI=1S/C22H21F5N2O3/c1-31-19-13-15(5-7-18(19)32-21(23)24)6-8-20(30)29-11-9-28(10-12-29)17-4-2-3-16(14-17)22(25,26)27/h2-8,13-14,21H,9-12H2,1H3. The Bertz CT molecular complexity index is 970. The first kappa shape index (κ1) is 23.4. The number of carbonyl (C=O) groups is 1. The van der Waals surface area contributed by atoms with Crippen LogP contribution < -0.4 is 14.4 Å². The second-order valence-electron chi connectivity index (χ2n) is 6.98. The van der Waals surface area contributed by atoms with Crippen molar-refractivity contribution in [2.45, 2.75) is 12.8 Å². The topological polar surface area (TPSA) is 42.0 Å². The molecule has 1 heterocycles. The van der Waals surface area contributed by atoms with Crippen molar-refractivity contribution in [1.82, 2.24) is 4.90 Å². The fraction of sp³-hybridized carbons (Fsp3) is 0.318. The summed E-state index contributed by atoms with van der Waals surface area (Å²) in [5.41, 5.74) is 0.303. The average molecular weight is 456 g/mol. The minimum absolute atomic E-state index is 0.106. The summed E-state index contributed by atoms with van der Waals surface area (Å²) in [6.45, 7) is -1.49. The van der Waals surface area contributed by atoms with E-state index in [0.717, 1.165) is 12.1 Å². The predicted octanol–water partition coefficient (Wildman–Crippen LogP) is 4.68. The highest BCUT2D eigenvalue weighted by molar-refractivity contribution is 5.92. The number of hydrogen-bond acceptors (Lipinski definition) is 4. The van der Waals surface area contributed by atoms with Gasteiger partial charge in [-0.2, -0.15) is 22.0 Å². The van der Waals surface area contributed by atoms with E-state index < -0.39 is 18.4 Å². The zero-order valence-corrected chi connectivity index (χ0v) is 17.1. The van der Waals surface area contributed by atoms with Crippen LogP contribution in [0.4, 0.5) is 27.6 Å². The summed E-state index contributed by atoms with van der Waals surface area (Å²) in [6, 6.07) is 9.40. The van der Waals surface area contributed by atoms with Crippen LogP contribution in [-0.2, 0) is 11.0 Å². The molecule has 1 saturated heterocycles. The molecular weight excluding hydrogens is 435 g/mol. The van der Waals surface area contributed by atoms with Gasteiger partial charge in [0.05, 0.1) is 12.7 Å². The number of hydrogen-bond donors (Lipinski definition) is 0. The Morgan fingerprint density at radius 1 is 1.03 bits per heavy atom. The highest BCUT2D eigenvalue weighted by Crippen LogP contribution is 2.32. The summed E-state index contributed by atoms with van der Waals surface area (Å²) in [6.07, 6.45) is -1.54. The lowest BCUT2D eigenvalue weighted by Crippen LogP contribution is -2.48. The quantitative estimate of drug-likeness (QED) is 0.468. The third-order valence-electron chi connectivity index (χ3n) is 4.95. The first-order valence-corrected chi connectivity index (χ1v) is 9.69. The Morgan fingerprint density at radius 3 is 2.38 bits per heavy atom. The lowest BCUT2D eigenvalue weighted by molar-refractivity contribution is -0.137. The molecule has 1 amide bonds. The molecule has 0 bridgehead atoms. The van der Waals surface area contributed by atoms with E-state index in [1.807, 2.05) is 0 Å². The number of piperazine rings is 1. The van der Waals surface area contributed by atoms with Crippen LogP contribution in [0.15, 0.2) is 48.5 Å². The normalized spacial score (nSPS) is 14.8. The Balaban J connectivity index is 1.59. The van der Waals surface area contributed by atoms with E-state index in [9.17, 15) is 26.7 Å². The first-order valence-electron chi connectivity index (χ1n) is 9.69. The van der Waals surface area contributed by atoms with Crippen molar-refractivity contribution in [1.29, 1.82) is 0 Å². The Labute approximate surface area is 181 Å². The van der Waals surface area contributed by atoms with Crippen LogP contribution in [0, 0.1) is 0 Å². The smallest absolute Gasteiger partial charge is 0.416 e. The lowest BCUT2D eigenvalue weighted by atomic mass is 10.1. The number of methoxy groups -OCH3 is 1. The van der Waals surface area contributed by atoms with Gasteiger partial charge in [0.1, 0.15) is 0 Å². The molecule has 32 heavy (non-hydrogen) atoms. The van der Waals surface area contributed by atoms with Crippen molar-refractivity contribution in [2.75, 3.05) is 38.2 Å². The molecule has 5 nitrogen and oxygen atoms in total. The van der Waals surface area contributed by atoms with Gasteiger partial charge in [-0.05, 0) is 42.0 Å². The SMILES string of the molecule is COc1cc(C=CC(=O)N2CCN(c3cccc(C(F)(F)F)c3)CC2)ccc1OC(F)F. The van der Waals surface area contributed by atoms with Crippen LogP contribution in [0.2, 0.25) is 0 Å². The maximum absolute atomic E-state index is 12.9. The molecule has 1 fully saturated rings. The third kappa shape index (κ3) is 5.89. The molecule has 0 saturated carbocycles. The summed E-state index contributed by atoms with van der Waals surface area (Å²) in [7, 11) is 1.32. The van der Waals surface area contributed by atoms with Gasteiger partial charge < -0.3 is 19.3 Å². The van der Waals surface area contributed by atoms with Crippen molar-refractivity contribution >= 4 is 17.7 Å². The van der Waals surface area contributed by atoms with Gasteiger partial charge in [-0.25, -0.2) is 0 Å². The fourth-order valence-electron chi connectivity index (χ4n) is 3.32. The highest BCUT2D eigenvalue weighted by Gasteiger charge is 2.31. The Kier molecular flexibility index (Phi) is 7.22. The van der Waals surface area contributed by atoms with Gasteiger partial charge >= 0.3 is 12.8 Å². The number of alkyl halides is 5. The summed E-state index contributed by atoms with van der Waals surface area (Å²) in [4.78, 5) is 15.9. The van der Waals surface area contributed by atoms with Crippen LogP contribution in [0.1, 0.15) is 11.1 Å². The number of ether oxygens (including phenoxy) is 2. The number of rotatable bonds is 6. The second-order valence-corrected chi connectivity index (χ2v) is 6.98. The zero-order chi connectivity index (χ0) is 23.3. The largest absolute Gasteiger partial charge is 0.493 e. The first-order chi connectivity index (χ1) is 15.2. The molecule has 0 aromatic heterocycles. The zero-order valence-electron chi connectivity index (χ0n) is 17.1. The van der Waals surface area contributed by atoms with E-state index in [0.29, 0.717) is 37.4 Å². The van der Waals surface area contributed by atoms with Gasteiger partial charge in [-0.1, -0.05) is 12.1 Å². The molecule has 3 rings (SSSR count). The molecule has 0 radical (unpaired) electrons. The van der Waals surface area contributed by atoms with E-state index in [-0.39, 0.29) is 17.4 Å². The molecule has 0 atom stereocenters. The third-order valence-corrected chi connectivity index (χ3v) is 4.95. The average Bonchev–Trinajstić information content (AvgIpc) is 2.77. The van der Waals surface area contributed by atoms with Crippen molar-refractivity contribution in [3.8, 4) is 11.5 Å². The molecule has 172 valence electrons. The fourth-order valence-corrected chi connectivity index (χ4v) is 3.32. The van der Waals surface area contributed by atoms with Gasteiger partial charge in [-0.3, -0.25) is 4.79 Å². The molecule has 1 aliphatic rings. The molecule has 0 unspecified atom stereocenters. The summed E-state index contributed by atoms with van der Waals surface area (Å²) >= 11 is 0. The highest BCUT2D eigenvalue weighted by atomic mass is 19.4. The van der Waals surface area contributed by atoms with Crippen LogP contribution in [0.25, 0.3) is 6.08 Å². The molecule has 2 aromatic carbocycles. The van der Waals surface area contributed by atoms with Crippen molar-refractivity contribution < 1.29 is 36.2 Å². The number of amides is 1. The van der Waals surface area contributed by atoms with Crippen molar-refractivity contribution in [3.63, 3.8) is 0 Å². The number of carbonyl (C=O) groups excluding carboxylic acids is 1. The van der Waals surface area contributed by atoms with E-state index >= 15 is 0 Å². The second kappa shape index (κ2) is 9.88. The number of nitrogens with zero attached hydrogens (tertiary/aromatic N) is 2. The van der Waals surface area contributed by atoms with Crippen LogP contribution in [-0.4, -0.2) is 50.7 Å². The van der Waals surface area contributed by atoms with Gasteiger partial charge in [0, 0.05) is 37.9 Å². The molecular formula is C22H21F5N2O3. The minimum Gasteiger partial charge on any atom is -0.493 e. The molecule has 0 N–H and O–H groups in total. The van der Waals surface area contributed by atoms with Gasteiger partial charge in [-0.15, -0.1) is 0 Å². The maximum atomic E-state index is 12.9. The molecule has 0 aliphatic carbocycles. The predicted molar refractivity (Wildman–Crippen MR) is 109 cm³/mol. The number of anilines is 1. The van der Waals surface area contributed by atoms with E-state index in [1.54, 1.807) is 15.9 Å². The Hall–Kier alpha value is -3.30. The summed E-state index contributed by atoms with van der Waals surface area (Å²) in [5.74, 6) is -0.271. The summed E-state index contributed by atoms with van der Waals surface area (Å²) in [5, 5.41) is 0. The van der Waals surface area contributed by atoms with Gasteiger partial charge in [0.2, 0.25) is 5.91 Å². The number of halogens is 5. The maximum Gasteiger partial charge on any atom is 0.416 e. The monoisotopic (exact) mass is 456 g/mol. The number of benzene rings is 2. The van der Waals surface area contributed by atoms with E-state index in [2.05, 4.69) is 4.74 Å². The lowest BCUT2D eigenvalue weighted by Gasteiger charge is -2.35.